The molecule has 0 rings (SSSR count). The molecule has 83 heavy (non-hydrogen) atoms. The van der Waals surface area contributed by atoms with Crippen molar-refractivity contribution in [3.05, 3.63) is 122 Å². The summed E-state index contributed by atoms with van der Waals surface area (Å²) in [5.74, 6) is -0.897. The SMILES string of the molecule is CC/C=C\C/C=C\C/C=C\C/C=C\CCCCCCCCCCCCCCCCCCC(=O)OCC(COC(=O)CCCCCCC/C=C\C/C=C\CCCCC)OC(=O)CCCCCCCCCC/C=C\C/C=C\C/C=C\C/C=C\CC. The number of unbranched alkanes of at least 4 members (excludes halogenated alkanes) is 32. The van der Waals surface area contributed by atoms with Gasteiger partial charge in [0.25, 0.3) is 0 Å². The molecule has 0 aliphatic carbocycles. The average molecular weight is 1150 g/mol. The minimum Gasteiger partial charge on any atom is -0.462 e. The third kappa shape index (κ3) is 68.5. The first-order valence-electron chi connectivity index (χ1n) is 35.0. The molecule has 0 spiro atoms. The van der Waals surface area contributed by atoms with Crippen LogP contribution in [0.15, 0.2) is 122 Å². The minimum atomic E-state index is -0.792. The molecule has 0 heterocycles. The molecule has 0 N–H and O–H groups in total. The first kappa shape index (κ1) is 78.8. The molecule has 0 aromatic rings. The fourth-order valence-corrected chi connectivity index (χ4v) is 9.75. The molecule has 6 heteroatoms. The van der Waals surface area contributed by atoms with E-state index >= 15 is 0 Å². The van der Waals surface area contributed by atoms with Crippen LogP contribution in [0, 0.1) is 0 Å². The van der Waals surface area contributed by atoms with Gasteiger partial charge in [-0.05, 0) is 128 Å². The van der Waals surface area contributed by atoms with Crippen molar-refractivity contribution in [1.29, 1.82) is 0 Å². The van der Waals surface area contributed by atoms with E-state index in [0.29, 0.717) is 19.3 Å². The van der Waals surface area contributed by atoms with Gasteiger partial charge in [0.05, 0.1) is 0 Å². The van der Waals surface area contributed by atoms with Crippen LogP contribution in [0.5, 0.6) is 0 Å². The van der Waals surface area contributed by atoms with Crippen molar-refractivity contribution in [2.24, 2.45) is 0 Å². The summed E-state index contributed by atoms with van der Waals surface area (Å²) >= 11 is 0. The molecule has 0 aromatic heterocycles. The van der Waals surface area contributed by atoms with E-state index in [-0.39, 0.29) is 31.1 Å². The smallest absolute Gasteiger partial charge is 0.306 e. The molecule has 0 fully saturated rings. The number of hydrogen-bond acceptors (Lipinski definition) is 6. The summed E-state index contributed by atoms with van der Waals surface area (Å²) in [4.78, 5) is 38.5. The number of carbonyl (C=O) groups excluding carboxylic acids is 3. The molecule has 0 bridgehead atoms. The molecule has 0 aliphatic rings. The Bertz CT molecular complexity index is 1700. The largest absolute Gasteiger partial charge is 0.462 e. The quantitative estimate of drug-likeness (QED) is 0.0261. The van der Waals surface area contributed by atoms with Gasteiger partial charge in [-0.3, -0.25) is 14.4 Å². The second-order valence-electron chi connectivity index (χ2n) is 23.0. The Hall–Kier alpha value is -4.19. The van der Waals surface area contributed by atoms with E-state index < -0.39 is 6.10 Å². The highest BCUT2D eigenvalue weighted by atomic mass is 16.6. The van der Waals surface area contributed by atoms with Gasteiger partial charge in [-0.25, -0.2) is 0 Å². The molecule has 6 nitrogen and oxygen atoms in total. The van der Waals surface area contributed by atoms with E-state index in [4.69, 9.17) is 14.2 Å². The van der Waals surface area contributed by atoms with Crippen molar-refractivity contribution >= 4 is 17.9 Å². The summed E-state index contributed by atoms with van der Waals surface area (Å²) in [5, 5.41) is 0. The van der Waals surface area contributed by atoms with Gasteiger partial charge >= 0.3 is 17.9 Å². The van der Waals surface area contributed by atoms with Crippen LogP contribution in [-0.2, 0) is 28.6 Å². The normalized spacial score (nSPS) is 12.9. The van der Waals surface area contributed by atoms with Crippen molar-refractivity contribution in [1.82, 2.24) is 0 Å². The van der Waals surface area contributed by atoms with Crippen molar-refractivity contribution in [3.8, 4) is 0 Å². The molecular formula is C77H130O6. The zero-order chi connectivity index (χ0) is 59.9. The number of allylic oxidation sites excluding steroid dienone is 20. The molecular weight excluding hydrogens is 1020 g/mol. The Morgan fingerprint density at radius 3 is 0.735 bits per heavy atom. The lowest BCUT2D eigenvalue weighted by Gasteiger charge is -2.18. The highest BCUT2D eigenvalue weighted by molar-refractivity contribution is 5.71. The van der Waals surface area contributed by atoms with Crippen LogP contribution < -0.4 is 0 Å². The number of carbonyl (C=O) groups is 3. The van der Waals surface area contributed by atoms with Gasteiger partial charge in [0, 0.05) is 19.3 Å². The van der Waals surface area contributed by atoms with Crippen LogP contribution in [0.1, 0.15) is 329 Å². The molecule has 0 saturated heterocycles. The average Bonchev–Trinajstić information content (AvgIpc) is 3.49. The fraction of sp³-hybridized carbons (Fsp3) is 0.701. The van der Waals surface area contributed by atoms with Gasteiger partial charge in [0.15, 0.2) is 6.10 Å². The molecule has 0 radical (unpaired) electrons. The second-order valence-corrected chi connectivity index (χ2v) is 23.0. The van der Waals surface area contributed by atoms with Gasteiger partial charge in [-0.2, -0.15) is 0 Å². The molecule has 474 valence electrons. The van der Waals surface area contributed by atoms with Crippen LogP contribution in [-0.4, -0.2) is 37.2 Å². The van der Waals surface area contributed by atoms with E-state index in [0.717, 1.165) is 141 Å². The van der Waals surface area contributed by atoms with E-state index in [9.17, 15) is 14.4 Å². The third-order valence-electron chi connectivity index (χ3n) is 14.9. The van der Waals surface area contributed by atoms with Gasteiger partial charge in [0.1, 0.15) is 13.2 Å². The topological polar surface area (TPSA) is 78.9 Å². The summed E-state index contributed by atoms with van der Waals surface area (Å²) < 4.78 is 17.0. The summed E-state index contributed by atoms with van der Waals surface area (Å²) in [6.45, 7) is 6.40. The monoisotopic (exact) mass is 1150 g/mol. The summed E-state index contributed by atoms with van der Waals surface area (Å²) in [6.07, 6.45) is 97.9. The molecule has 1 unspecified atom stereocenters. The Morgan fingerprint density at radius 2 is 0.470 bits per heavy atom. The van der Waals surface area contributed by atoms with Gasteiger partial charge < -0.3 is 14.2 Å². The maximum absolute atomic E-state index is 13.0. The fourth-order valence-electron chi connectivity index (χ4n) is 9.75. The predicted molar refractivity (Wildman–Crippen MR) is 362 cm³/mol. The highest BCUT2D eigenvalue weighted by Gasteiger charge is 2.19. The molecule has 0 saturated carbocycles. The van der Waals surface area contributed by atoms with E-state index in [1.807, 2.05) is 0 Å². The third-order valence-corrected chi connectivity index (χ3v) is 14.9. The zero-order valence-electron chi connectivity index (χ0n) is 54.4. The van der Waals surface area contributed by atoms with E-state index in [1.165, 1.54) is 148 Å². The van der Waals surface area contributed by atoms with E-state index in [1.54, 1.807) is 0 Å². The molecule has 0 aliphatic heterocycles. The van der Waals surface area contributed by atoms with Gasteiger partial charge in [-0.15, -0.1) is 0 Å². The summed E-state index contributed by atoms with van der Waals surface area (Å²) in [5.41, 5.74) is 0. The van der Waals surface area contributed by atoms with Gasteiger partial charge in [0.2, 0.25) is 0 Å². The Kier molecular flexibility index (Phi) is 66.7. The van der Waals surface area contributed by atoms with Crippen molar-refractivity contribution < 1.29 is 28.6 Å². The van der Waals surface area contributed by atoms with E-state index in [2.05, 4.69) is 142 Å². The Labute approximate surface area is 513 Å². The lowest BCUT2D eigenvalue weighted by Crippen LogP contribution is -2.30. The van der Waals surface area contributed by atoms with Crippen LogP contribution in [0.2, 0.25) is 0 Å². The number of hydrogen-bond donors (Lipinski definition) is 0. The lowest BCUT2D eigenvalue weighted by atomic mass is 10.0. The van der Waals surface area contributed by atoms with Crippen LogP contribution in [0.25, 0.3) is 0 Å². The predicted octanol–water partition coefficient (Wildman–Crippen LogP) is 24.3. The molecule has 1 atom stereocenters. The maximum atomic E-state index is 13.0. The Balaban J connectivity index is 4.31. The number of rotatable bonds is 63. The standard InChI is InChI=1S/C77H130O6/c1-4-7-10-13-16-19-22-25-28-30-32-34-35-36-37-38-39-40-41-43-44-46-49-52-55-58-61-64-67-70-76(79)82-73-74(72-81-75(78)69-66-63-60-57-54-51-48-27-24-21-18-15-12-9-6-3)83-77(80)71-68-65-62-59-56-53-50-47-45-42-33-31-29-26-23-20-17-14-11-8-5-2/h7-8,10-11,16-21,25-29,32-34,42,48,74H,4-6,9,12-15,22-24,30-31,35-41,43-47,49-73H2,1-3H3/b10-7-,11-8-,19-16-,20-17-,21-18-,28-25-,29-26-,34-32-,42-33-,48-27-. The number of ether oxygens (including phenoxy) is 3. The van der Waals surface area contributed by atoms with Crippen LogP contribution >= 0.6 is 0 Å². The first-order valence-corrected chi connectivity index (χ1v) is 35.0. The first-order chi connectivity index (χ1) is 41.0. The second kappa shape index (κ2) is 70.3. The van der Waals surface area contributed by atoms with Crippen molar-refractivity contribution in [2.75, 3.05) is 13.2 Å². The van der Waals surface area contributed by atoms with Crippen LogP contribution in [0.4, 0.5) is 0 Å². The minimum absolute atomic E-state index is 0.0857. The zero-order valence-corrected chi connectivity index (χ0v) is 54.4. The van der Waals surface area contributed by atoms with Crippen molar-refractivity contribution in [3.63, 3.8) is 0 Å². The molecule has 0 amide bonds. The van der Waals surface area contributed by atoms with Crippen LogP contribution in [0.3, 0.4) is 0 Å². The Morgan fingerprint density at radius 1 is 0.253 bits per heavy atom. The summed E-state index contributed by atoms with van der Waals surface area (Å²) in [6, 6.07) is 0. The van der Waals surface area contributed by atoms with Gasteiger partial charge in [-0.1, -0.05) is 303 Å². The number of esters is 3. The summed E-state index contributed by atoms with van der Waals surface area (Å²) in [7, 11) is 0. The molecule has 0 aromatic carbocycles. The van der Waals surface area contributed by atoms with Crippen molar-refractivity contribution in [2.45, 2.75) is 335 Å². The lowest BCUT2D eigenvalue weighted by molar-refractivity contribution is -0.167. The maximum Gasteiger partial charge on any atom is 0.306 e. The highest BCUT2D eigenvalue weighted by Crippen LogP contribution is 2.17.